The third-order valence-corrected chi connectivity index (χ3v) is 4.27. The zero-order chi connectivity index (χ0) is 19.0. The lowest BCUT2D eigenvalue weighted by atomic mass is 9.99. The Balaban J connectivity index is 1.78. The molecular formula is C21H14F3NO2. The number of oxazole rings is 1. The smallest absolute Gasteiger partial charge is 0.417 e. The van der Waals surface area contributed by atoms with E-state index in [0.717, 1.165) is 11.6 Å². The fourth-order valence-electron chi connectivity index (χ4n) is 2.93. The Morgan fingerprint density at radius 3 is 2.30 bits per heavy atom. The van der Waals surface area contributed by atoms with Crippen LogP contribution in [0.2, 0.25) is 0 Å². The van der Waals surface area contributed by atoms with Gasteiger partial charge in [0.05, 0.1) is 12.7 Å². The van der Waals surface area contributed by atoms with Crippen molar-refractivity contribution in [3.05, 3.63) is 72.3 Å². The molecule has 3 nitrogen and oxygen atoms in total. The fraction of sp³-hybridized carbons (Fsp3) is 0.0952. The highest BCUT2D eigenvalue weighted by Gasteiger charge is 2.33. The van der Waals surface area contributed by atoms with Gasteiger partial charge in [0.2, 0.25) is 5.89 Å². The van der Waals surface area contributed by atoms with Crippen molar-refractivity contribution in [3.8, 4) is 28.3 Å². The van der Waals surface area contributed by atoms with Gasteiger partial charge in [0.15, 0.2) is 5.58 Å². The first-order valence-corrected chi connectivity index (χ1v) is 8.17. The van der Waals surface area contributed by atoms with Crippen LogP contribution in [0, 0.1) is 0 Å². The van der Waals surface area contributed by atoms with E-state index in [4.69, 9.17) is 9.15 Å². The lowest BCUT2D eigenvalue weighted by Gasteiger charge is -2.12. The number of ether oxygens (including phenoxy) is 1. The van der Waals surface area contributed by atoms with Crippen molar-refractivity contribution in [2.45, 2.75) is 6.18 Å². The molecule has 3 aromatic carbocycles. The minimum atomic E-state index is -4.43. The summed E-state index contributed by atoms with van der Waals surface area (Å²) in [6.07, 6.45) is -4.43. The van der Waals surface area contributed by atoms with E-state index < -0.39 is 11.7 Å². The molecule has 1 heterocycles. The predicted molar refractivity (Wildman–Crippen MR) is 96.4 cm³/mol. The molecule has 0 amide bonds. The molecule has 136 valence electrons. The van der Waals surface area contributed by atoms with Crippen LogP contribution in [0.15, 0.2) is 71.1 Å². The second-order valence-corrected chi connectivity index (χ2v) is 5.97. The summed E-state index contributed by atoms with van der Waals surface area (Å²) >= 11 is 0. The molecule has 0 fully saturated rings. The van der Waals surface area contributed by atoms with E-state index >= 15 is 0 Å². The predicted octanol–water partition coefficient (Wildman–Crippen LogP) is 6.19. The maximum Gasteiger partial charge on any atom is 0.417 e. The Morgan fingerprint density at radius 2 is 1.59 bits per heavy atom. The first-order chi connectivity index (χ1) is 13.0. The van der Waals surface area contributed by atoms with Crippen molar-refractivity contribution in [3.63, 3.8) is 0 Å². The van der Waals surface area contributed by atoms with Crippen LogP contribution in [0.5, 0.6) is 5.75 Å². The monoisotopic (exact) mass is 369 g/mol. The van der Waals surface area contributed by atoms with Crippen molar-refractivity contribution in [1.82, 2.24) is 4.98 Å². The number of benzene rings is 3. The van der Waals surface area contributed by atoms with Gasteiger partial charge < -0.3 is 9.15 Å². The van der Waals surface area contributed by atoms with Crippen LogP contribution < -0.4 is 4.74 Å². The fourth-order valence-corrected chi connectivity index (χ4v) is 2.93. The molecule has 0 spiro atoms. The average molecular weight is 369 g/mol. The van der Waals surface area contributed by atoms with Crippen LogP contribution in [0.4, 0.5) is 13.2 Å². The number of aromatic nitrogens is 1. The van der Waals surface area contributed by atoms with Gasteiger partial charge in [-0.25, -0.2) is 4.98 Å². The molecule has 0 aliphatic rings. The minimum Gasteiger partial charge on any atom is -0.497 e. The van der Waals surface area contributed by atoms with Crippen molar-refractivity contribution in [1.29, 1.82) is 0 Å². The van der Waals surface area contributed by atoms with Gasteiger partial charge >= 0.3 is 6.18 Å². The summed E-state index contributed by atoms with van der Waals surface area (Å²) in [6, 6.07) is 17.5. The van der Waals surface area contributed by atoms with Crippen molar-refractivity contribution in [2.24, 2.45) is 0 Å². The molecule has 0 saturated heterocycles. The largest absolute Gasteiger partial charge is 0.497 e. The van der Waals surface area contributed by atoms with Gasteiger partial charge in [-0.15, -0.1) is 0 Å². The van der Waals surface area contributed by atoms with Crippen LogP contribution in [0.3, 0.4) is 0 Å². The normalized spacial score (nSPS) is 11.7. The van der Waals surface area contributed by atoms with Gasteiger partial charge in [0, 0.05) is 5.56 Å². The Kier molecular flexibility index (Phi) is 4.11. The second kappa shape index (κ2) is 6.46. The van der Waals surface area contributed by atoms with Gasteiger partial charge in [-0.2, -0.15) is 13.2 Å². The van der Waals surface area contributed by atoms with E-state index in [2.05, 4.69) is 4.98 Å². The van der Waals surface area contributed by atoms with Crippen LogP contribution in [-0.2, 0) is 6.18 Å². The zero-order valence-corrected chi connectivity index (χ0v) is 14.2. The molecule has 4 aromatic rings. The van der Waals surface area contributed by atoms with Gasteiger partial charge in [-0.3, -0.25) is 0 Å². The number of alkyl halides is 3. The summed E-state index contributed by atoms with van der Waals surface area (Å²) in [7, 11) is 1.58. The van der Waals surface area contributed by atoms with Gasteiger partial charge in [0.1, 0.15) is 11.3 Å². The molecule has 4 rings (SSSR count). The summed E-state index contributed by atoms with van der Waals surface area (Å²) in [4.78, 5) is 4.41. The molecule has 0 N–H and O–H groups in total. The average Bonchev–Trinajstić information content (AvgIpc) is 3.10. The van der Waals surface area contributed by atoms with E-state index in [0.29, 0.717) is 28.3 Å². The summed E-state index contributed by atoms with van der Waals surface area (Å²) in [6.45, 7) is 0. The first-order valence-electron chi connectivity index (χ1n) is 8.17. The number of hydrogen-bond acceptors (Lipinski definition) is 3. The molecule has 0 aliphatic carbocycles. The van der Waals surface area contributed by atoms with Crippen LogP contribution in [0.25, 0.3) is 33.7 Å². The third kappa shape index (κ3) is 3.26. The maximum absolute atomic E-state index is 13.3. The number of rotatable bonds is 3. The van der Waals surface area contributed by atoms with Crippen molar-refractivity contribution in [2.75, 3.05) is 7.11 Å². The van der Waals surface area contributed by atoms with Gasteiger partial charge in [0.25, 0.3) is 0 Å². The molecule has 1 aromatic heterocycles. The molecule has 0 unspecified atom stereocenters. The van der Waals surface area contributed by atoms with Crippen LogP contribution in [-0.4, -0.2) is 12.1 Å². The molecule has 0 atom stereocenters. The molecule has 0 bridgehead atoms. The number of nitrogens with zero attached hydrogens (tertiary/aromatic N) is 1. The second-order valence-electron chi connectivity index (χ2n) is 5.97. The van der Waals surface area contributed by atoms with E-state index in [1.807, 2.05) is 12.1 Å². The molecule has 0 aliphatic heterocycles. The van der Waals surface area contributed by atoms with Crippen molar-refractivity contribution < 1.29 is 22.3 Å². The van der Waals surface area contributed by atoms with E-state index in [1.54, 1.807) is 43.5 Å². The molecule has 27 heavy (non-hydrogen) atoms. The van der Waals surface area contributed by atoms with Gasteiger partial charge in [-0.05, 0) is 53.6 Å². The van der Waals surface area contributed by atoms with Crippen molar-refractivity contribution >= 4 is 11.1 Å². The number of halogens is 3. The third-order valence-electron chi connectivity index (χ3n) is 4.27. The van der Waals surface area contributed by atoms with E-state index in [1.165, 1.54) is 12.1 Å². The highest BCUT2D eigenvalue weighted by molar-refractivity contribution is 5.83. The van der Waals surface area contributed by atoms with E-state index in [9.17, 15) is 13.2 Å². The Hall–Kier alpha value is -3.28. The standard InChI is InChI=1S/C21H14F3NO2/c1-26-15-9-6-13(7-10-15)20-25-18-11-8-14(12-19(18)27-20)16-4-2-3-5-17(16)21(22,23)24/h2-12H,1H3. The number of fused-ring (bicyclic) bond motifs is 1. The Labute approximate surface area is 153 Å². The quantitative estimate of drug-likeness (QED) is 0.432. The van der Waals surface area contributed by atoms with Crippen LogP contribution >= 0.6 is 0 Å². The molecule has 0 saturated carbocycles. The highest BCUT2D eigenvalue weighted by atomic mass is 19.4. The topological polar surface area (TPSA) is 35.3 Å². The summed E-state index contributed by atoms with van der Waals surface area (Å²) in [5.41, 5.74) is 1.61. The number of methoxy groups -OCH3 is 1. The summed E-state index contributed by atoms with van der Waals surface area (Å²) in [5, 5.41) is 0. The maximum atomic E-state index is 13.3. The van der Waals surface area contributed by atoms with E-state index in [-0.39, 0.29) is 5.56 Å². The first kappa shape index (κ1) is 17.1. The summed E-state index contributed by atoms with van der Waals surface area (Å²) < 4.78 is 50.8. The molecule has 6 heteroatoms. The van der Waals surface area contributed by atoms with Gasteiger partial charge in [-0.1, -0.05) is 24.3 Å². The minimum absolute atomic E-state index is 0.106. The lowest BCUT2D eigenvalue weighted by molar-refractivity contribution is -0.137. The number of hydrogen-bond donors (Lipinski definition) is 0. The Bertz CT molecular complexity index is 1100. The van der Waals surface area contributed by atoms with Crippen LogP contribution in [0.1, 0.15) is 5.56 Å². The lowest BCUT2D eigenvalue weighted by Crippen LogP contribution is -2.06. The highest BCUT2D eigenvalue weighted by Crippen LogP contribution is 2.38. The molecule has 0 radical (unpaired) electrons. The molecular weight excluding hydrogens is 355 g/mol. The summed E-state index contributed by atoms with van der Waals surface area (Å²) in [5.74, 6) is 1.11. The SMILES string of the molecule is COc1ccc(-c2nc3ccc(-c4ccccc4C(F)(F)F)cc3o2)cc1. The Morgan fingerprint density at radius 1 is 0.889 bits per heavy atom. The zero-order valence-electron chi connectivity index (χ0n) is 14.2.